The lowest BCUT2D eigenvalue weighted by molar-refractivity contribution is -0.141. The highest BCUT2D eigenvalue weighted by atomic mass is 16.5. The quantitative estimate of drug-likeness (QED) is 0.913. The molecule has 3 rings (SSSR count). The Hall–Kier alpha value is -2.14. The van der Waals surface area contributed by atoms with E-state index in [0.29, 0.717) is 18.7 Å². The number of fused-ring (bicyclic) bond motifs is 1. The van der Waals surface area contributed by atoms with E-state index in [2.05, 4.69) is 4.98 Å². The second-order valence-electron chi connectivity index (χ2n) is 8.29. The molecule has 5 nitrogen and oxygen atoms in total. The van der Waals surface area contributed by atoms with Crippen LogP contribution in [0.5, 0.6) is 0 Å². The van der Waals surface area contributed by atoms with E-state index in [9.17, 15) is 9.59 Å². The molecule has 1 amide bonds. The molecule has 0 saturated carbocycles. The van der Waals surface area contributed by atoms with Crippen LogP contribution in [0, 0.1) is 12.3 Å². The monoisotopic (exact) mass is 356 g/mol. The summed E-state index contributed by atoms with van der Waals surface area (Å²) in [5, 5.41) is 0.977. The average Bonchev–Trinajstić information content (AvgIpc) is 3.06. The number of nitrogens with zero attached hydrogens (tertiary/aromatic N) is 1. The van der Waals surface area contributed by atoms with Gasteiger partial charge in [0.05, 0.1) is 12.6 Å². The van der Waals surface area contributed by atoms with E-state index in [0.717, 1.165) is 35.9 Å². The molecule has 0 aliphatic carbocycles. The first-order valence-corrected chi connectivity index (χ1v) is 9.27. The topological polar surface area (TPSA) is 62.4 Å². The molecule has 140 valence electrons. The van der Waals surface area contributed by atoms with Crippen LogP contribution in [-0.4, -0.2) is 35.0 Å². The molecule has 0 spiro atoms. The van der Waals surface area contributed by atoms with E-state index in [-0.39, 0.29) is 17.6 Å². The minimum atomic E-state index is -0.501. The van der Waals surface area contributed by atoms with Gasteiger partial charge in [-0.25, -0.2) is 0 Å². The van der Waals surface area contributed by atoms with Gasteiger partial charge < -0.3 is 14.6 Å². The SMILES string of the molecule is Cc1ccc2cc(CN(C[C@H]3CCCO3)C(=O)C(C)(C)C)c(=O)[nH]c2c1. The fourth-order valence-electron chi connectivity index (χ4n) is 3.41. The summed E-state index contributed by atoms with van der Waals surface area (Å²) in [6.45, 7) is 9.30. The molecule has 2 aromatic rings. The van der Waals surface area contributed by atoms with Crippen LogP contribution < -0.4 is 5.56 Å². The number of carbonyl (C=O) groups excluding carboxylic acids is 1. The number of ether oxygens (including phenoxy) is 1. The van der Waals surface area contributed by atoms with Crippen molar-refractivity contribution in [1.29, 1.82) is 0 Å². The van der Waals surface area contributed by atoms with Crippen LogP contribution in [0.1, 0.15) is 44.7 Å². The van der Waals surface area contributed by atoms with Gasteiger partial charge in [-0.05, 0) is 42.8 Å². The third kappa shape index (κ3) is 4.15. The van der Waals surface area contributed by atoms with Crippen molar-refractivity contribution in [3.05, 3.63) is 45.7 Å². The summed E-state index contributed by atoms with van der Waals surface area (Å²) in [6.07, 6.45) is 2.04. The van der Waals surface area contributed by atoms with Gasteiger partial charge in [-0.2, -0.15) is 0 Å². The maximum absolute atomic E-state index is 12.9. The van der Waals surface area contributed by atoms with Gasteiger partial charge in [0.15, 0.2) is 0 Å². The fraction of sp³-hybridized carbons (Fsp3) is 0.524. The van der Waals surface area contributed by atoms with E-state index in [4.69, 9.17) is 4.74 Å². The number of benzene rings is 1. The largest absolute Gasteiger partial charge is 0.376 e. The van der Waals surface area contributed by atoms with Gasteiger partial charge in [-0.3, -0.25) is 9.59 Å². The summed E-state index contributed by atoms with van der Waals surface area (Å²) in [5.41, 5.74) is 1.90. The lowest BCUT2D eigenvalue weighted by Gasteiger charge is -2.31. The lowest BCUT2D eigenvalue weighted by Crippen LogP contribution is -2.43. The molecule has 1 N–H and O–H groups in total. The first-order chi connectivity index (χ1) is 12.2. The zero-order chi connectivity index (χ0) is 18.9. The van der Waals surface area contributed by atoms with E-state index in [1.54, 1.807) is 4.90 Å². The van der Waals surface area contributed by atoms with Gasteiger partial charge >= 0.3 is 0 Å². The molecule has 1 atom stereocenters. The van der Waals surface area contributed by atoms with Gasteiger partial charge in [0, 0.05) is 29.6 Å². The smallest absolute Gasteiger partial charge is 0.253 e. The van der Waals surface area contributed by atoms with Gasteiger partial charge in [0.2, 0.25) is 5.91 Å². The summed E-state index contributed by atoms with van der Waals surface area (Å²) in [7, 11) is 0. The molecule has 0 radical (unpaired) electrons. The summed E-state index contributed by atoms with van der Waals surface area (Å²) in [4.78, 5) is 30.2. The van der Waals surface area contributed by atoms with Crippen molar-refractivity contribution in [3.63, 3.8) is 0 Å². The maximum Gasteiger partial charge on any atom is 0.253 e. The molecule has 1 aromatic carbocycles. The Bertz CT molecular complexity index is 858. The second-order valence-corrected chi connectivity index (χ2v) is 8.29. The number of carbonyl (C=O) groups is 1. The van der Waals surface area contributed by atoms with E-state index in [1.807, 2.05) is 52.0 Å². The molecule has 1 saturated heterocycles. The highest BCUT2D eigenvalue weighted by molar-refractivity contribution is 5.82. The Morgan fingerprint density at radius 3 is 2.73 bits per heavy atom. The van der Waals surface area contributed by atoms with Crippen molar-refractivity contribution < 1.29 is 9.53 Å². The Balaban J connectivity index is 1.91. The highest BCUT2D eigenvalue weighted by Gasteiger charge is 2.30. The number of aromatic amines is 1. The van der Waals surface area contributed by atoms with Crippen molar-refractivity contribution in [2.45, 2.75) is 53.2 Å². The van der Waals surface area contributed by atoms with Crippen molar-refractivity contribution >= 4 is 16.8 Å². The average molecular weight is 356 g/mol. The van der Waals surface area contributed by atoms with Gasteiger partial charge in [0.1, 0.15) is 0 Å². The standard InChI is InChI=1S/C21H28N2O3/c1-14-7-8-15-11-16(19(24)22-18(15)10-14)12-23(20(25)21(2,3)4)13-17-6-5-9-26-17/h7-8,10-11,17H,5-6,9,12-13H2,1-4H3,(H,22,24)/t17-/m1/s1. The van der Waals surface area contributed by atoms with Crippen molar-refractivity contribution in [1.82, 2.24) is 9.88 Å². The number of H-pyrrole nitrogens is 1. The number of pyridine rings is 1. The number of amides is 1. The normalized spacial score (nSPS) is 17.6. The maximum atomic E-state index is 12.9. The Kier molecular flexibility index (Phi) is 5.19. The molecule has 26 heavy (non-hydrogen) atoms. The van der Waals surface area contributed by atoms with Crippen LogP contribution in [0.3, 0.4) is 0 Å². The molecular formula is C21H28N2O3. The Labute approximate surface area is 154 Å². The predicted molar refractivity (Wildman–Crippen MR) is 103 cm³/mol. The van der Waals surface area contributed by atoms with Gasteiger partial charge in [0.25, 0.3) is 5.56 Å². The summed E-state index contributed by atoms with van der Waals surface area (Å²) in [5.74, 6) is 0.0383. The van der Waals surface area contributed by atoms with E-state index in [1.165, 1.54) is 0 Å². The number of aryl methyl sites for hydroxylation is 1. The molecule has 1 aliphatic heterocycles. The zero-order valence-corrected chi connectivity index (χ0v) is 16.1. The van der Waals surface area contributed by atoms with Crippen LogP contribution in [0.25, 0.3) is 10.9 Å². The number of hydrogen-bond donors (Lipinski definition) is 1. The molecule has 1 fully saturated rings. The molecule has 1 aliphatic rings. The van der Waals surface area contributed by atoms with Crippen LogP contribution in [0.15, 0.2) is 29.1 Å². The lowest BCUT2D eigenvalue weighted by atomic mass is 9.94. The number of rotatable bonds is 4. The Morgan fingerprint density at radius 2 is 2.08 bits per heavy atom. The van der Waals surface area contributed by atoms with Gasteiger partial charge in [-0.15, -0.1) is 0 Å². The molecular weight excluding hydrogens is 328 g/mol. The Morgan fingerprint density at radius 1 is 1.31 bits per heavy atom. The third-order valence-corrected chi connectivity index (χ3v) is 4.82. The fourth-order valence-corrected chi connectivity index (χ4v) is 3.41. The van der Waals surface area contributed by atoms with Gasteiger partial charge in [-0.1, -0.05) is 32.9 Å². The third-order valence-electron chi connectivity index (χ3n) is 4.82. The molecule has 0 bridgehead atoms. The van der Waals surface area contributed by atoms with E-state index < -0.39 is 5.41 Å². The van der Waals surface area contributed by atoms with Crippen molar-refractivity contribution in [2.75, 3.05) is 13.2 Å². The first kappa shape index (κ1) is 18.6. The molecule has 2 heterocycles. The summed E-state index contributed by atoms with van der Waals surface area (Å²) < 4.78 is 5.72. The summed E-state index contributed by atoms with van der Waals surface area (Å²) >= 11 is 0. The first-order valence-electron chi connectivity index (χ1n) is 9.27. The highest BCUT2D eigenvalue weighted by Crippen LogP contribution is 2.22. The van der Waals surface area contributed by atoms with Crippen LogP contribution >= 0.6 is 0 Å². The van der Waals surface area contributed by atoms with Crippen molar-refractivity contribution in [2.24, 2.45) is 5.41 Å². The van der Waals surface area contributed by atoms with E-state index >= 15 is 0 Å². The molecule has 1 aromatic heterocycles. The number of nitrogens with one attached hydrogen (secondary N) is 1. The van der Waals surface area contributed by atoms with Crippen LogP contribution in [0.4, 0.5) is 0 Å². The van der Waals surface area contributed by atoms with Crippen molar-refractivity contribution in [3.8, 4) is 0 Å². The van der Waals surface area contributed by atoms with Crippen LogP contribution in [-0.2, 0) is 16.1 Å². The number of aromatic nitrogens is 1. The minimum absolute atomic E-state index is 0.0383. The molecule has 5 heteroatoms. The molecule has 0 unspecified atom stereocenters. The summed E-state index contributed by atoms with van der Waals surface area (Å²) in [6, 6.07) is 7.88. The predicted octanol–water partition coefficient (Wildman–Crippen LogP) is 3.39. The zero-order valence-electron chi connectivity index (χ0n) is 16.1. The number of hydrogen-bond acceptors (Lipinski definition) is 3. The second kappa shape index (κ2) is 7.23. The van der Waals surface area contributed by atoms with Crippen LogP contribution in [0.2, 0.25) is 0 Å². The minimum Gasteiger partial charge on any atom is -0.376 e.